The molecule has 0 bridgehead atoms. The standard InChI is InChI=1S/C43H34ClN7O2S2/c1-54-42(48-55(52,53)38-28-26-37(44)27-29-38)50-30-39(31-14-6-2-7-15-31)40(46-50)32-22-24-33(25-23-32)41-45-49-51(47-41)43(34-16-8-3-9-17-34,35-18-10-4-11-19-35)36-20-12-5-13-21-36/h2-29,39H,30H2,1H3/b48-42-. The van der Waals surface area contributed by atoms with Gasteiger partial charge in [0, 0.05) is 16.5 Å². The molecule has 1 unspecified atom stereocenters. The summed E-state index contributed by atoms with van der Waals surface area (Å²) < 4.78 is 30.8. The maximum atomic E-state index is 13.3. The summed E-state index contributed by atoms with van der Waals surface area (Å²) in [5.41, 5.74) is 5.60. The second-order valence-corrected chi connectivity index (χ2v) is 15.6. The van der Waals surface area contributed by atoms with Gasteiger partial charge in [-0.2, -0.15) is 13.5 Å². The van der Waals surface area contributed by atoms with Crippen LogP contribution in [-0.2, 0) is 15.6 Å². The lowest BCUT2D eigenvalue weighted by atomic mass is 9.77. The molecule has 8 rings (SSSR count). The number of sulfonamides is 1. The Hall–Kier alpha value is -5.88. The number of benzene rings is 6. The van der Waals surface area contributed by atoms with E-state index in [0.717, 1.165) is 39.1 Å². The van der Waals surface area contributed by atoms with Crippen molar-refractivity contribution < 1.29 is 8.42 Å². The average Bonchev–Trinajstić information content (AvgIpc) is 3.91. The van der Waals surface area contributed by atoms with Gasteiger partial charge in [-0.25, -0.2) is 5.01 Å². The van der Waals surface area contributed by atoms with Crippen molar-refractivity contribution in [3.05, 3.63) is 203 Å². The Bertz CT molecular complexity index is 2470. The van der Waals surface area contributed by atoms with Crippen LogP contribution in [0, 0.1) is 0 Å². The molecule has 1 aliphatic rings. The summed E-state index contributed by atoms with van der Waals surface area (Å²) in [7, 11) is -4.01. The predicted octanol–water partition coefficient (Wildman–Crippen LogP) is 8.75. The van der Waals surface area contributed by atoms with Crippen LogP contribution in [0.3, 0.4) is 0 Å². The van der Waals surface area contributed by atoms with E-state index in [1.165, 1.54) is 36.0 Å². The normalized spacial score (nSPS) is 14.9. The Morgan fingerprint density at radius 1 is 0.709 bits per heavy atom. The van der Waals surface area contributed by atoms with Gasteiger partial charge in [-0.05, 0) is 63.6 Å². The molecule has 0 radical (unpaired) electrons. The molecule has 0 aliphatic carbocycles. The number of aromatic nitrogens is 4. The van der Waals surface area contributed by atoms with E-state index in [4.69, 9.17) is 27.0 Å². The Morgan fingerprint density at radius 2 is 1.22 bits per heavy atom. The van der Waals surface area contributed by atoms with Gasteiger partial charge in [0.15, 0.2) is 10.7 Å². The Kier molecular flexibility index (Phi) is 10.2. The van der Waals surface area contributed by atoms with E-state index in [1.54, 1.807) is 16.1 Å². The molecule has 12 heteroatoms. The monoisotopic (exact) mass is 779 g/mol. The largest absolute Gasteiger partial charge is 0.284 e. The highest BCUT2D eigenvalue weighted by Crippen LogP contribution is 2.40. The van der Waals surface area contributed by atoms with Gasteiger partial charge in [0.1, 0.15) is 0 Å². The lowest BCUT2D eigenvalue weighted by Crippen LogP contribution is -2.39. The fourth-order valence-corrected chi connectivity index (χ4v) is 8.86. The van der Waals surface area contributed by atoms with Crippen molar-refractivity contribution in [3.8, 4) is 11.4 Å². The van der Waals surface area contributed by atoms with Crippen LogP contribution in [0.1, 0.15) is 33.7 Å². The number of rotatable bonds is 9. The highest BCUT2D eigenvalue weighted by atomic mass is 35.5. The SMILES string of the molecule is CS/C(=N\S(=O)(=O)c1ccc(Cl)cc1)N1CC(c2ccccc2)C(c2ccc(-c3nnn(C(c4ccccc4)(c4ccccc4)c4ccccc4)n3)cc2)=N1. The number of hydrogen-bond acceptors (Lipinski definition) is 7. The Morgan fingerprint density at radius 3 is 1.75 bits per heavy atom. The Balaban J connectivity index is 1.17. The van der Waals surface area contributed by atoms with E-state index in [0.29, 0.717) is 17.4 Å². The van der Waals surface area contributed by atoms with Crippen molar-refractivity contribution >= 4 is 44.3 Å². The first kappa shape index (κ1) is 36.1. The van der Waals surface area contributed by atoms with E-state index >= 15 is 0 Å². The fraction of sp³-hybridized carbons (Fsp3) is 0.0930. The third kappa shape index (κ3) is 7.09. The van der Waals surface area contributed by atoms with Crippen molar-refractivity contribution in [1.82, 2.24) is 25.2 Å². The number of amidine groups is 1. The van der Waals surface area contributed by atoms with Gasteiger partial charge in [-0.1, -0.05) is 169 Å². The Labute approximate surface area is 329 Å². The van der Waals surface area contributed by atoms with Crippen LogP contribution in [0.4, 0.5) is 0 Å². The van der Waals surface area contributed by atoms with E-state index in [2.05, 4.69) is 58.0 Å². The van der Waals surface area contributed by atoms with E-state index in [-0.39, 0.29) is 16.0 Å². The van der Waals surface area contributed by atoms with Gasteiger partial charge in [0.25, 0.3) is 10.0 Å². The summed E-state index contributed by atoms with van der Waals surface area (Å²) in [5.74, 6) is 0.322. The molecular formula is C43H34ClN7O2S2. The summed E-state index contributed by atoms with van der Waals surface area (Å²) in [5, 5.41) is 21.7. The molecule has 0 amide bonds. The predicted molar refractivity (Wildman–Crippen MR) is 220 cm³/mol. The van der Waals surface area contributed by atoms with Gasteiger partial charge < -0.3 is 0 Å². The zero-order valence-electron chi connectivity index (χ0n) is 29.6. The minimum absolute atomic E-state index is 0.0566. The number of hydrazone groups is 1. The second kappa shape index (κ2) is 15.5. The molecule has 0 spiro atoms. The third-order valence-corrected chi connectivity index (χ3v) is 11.9. The van der Waals surface area contributed by atoms with Crippen LogP contribution in [0.5, 0.6) is 0 Å². The van der Waals surface area contributed by atoms with Gasteiger partial charge in [0.2, 0.25) is 5.82 Å². The van der Waals surface area contributed by atoms with Gasteiger partial charge in [-0.3, -0.25) is 0 Å². The summed E-state index contributed by atoms with van der Waals surface area (Å²) in [4.78, 5) is 1.77. The number of nitrogens with zero attached hydrogens (tertiary/aromatic N) is 7. The average molecular weight is 780 g/mol. The number of thioether (sulfide) groups is 1. The van der Waals surface area contributed by atoms with Crippen molar-refractivity contribution in [2.24, 2.45) is 9.50 Å². The maximum absolute atomic E-state index is 13.3. The first-order valence-electron chi connectivity index (χ1n) is 17.5. The van der Waals surface area contributed by atoms with Crippen LogP contribution in [0.2, 0.25) is 5.02 Å². The molecule has 1 aromatic heterocycles. The zero-order valence-corrected chi connectivity index (χ0v) is 32.0. The van der Waals surface area contributed by atoms with Crippen molar-refractivity contribution in [3.63, 3.8) is 0 Å². The maximum Gasteiger partial charge on any atom is 0.284 e. The van der Waals surface area contributed by atoms with Crippen molar-refractivity contribution in [2.75, 3.05) is 12.8 Å². The van der Waals surface area contributed by atoms with Gasteiger partial charge >= 0.3 is 0 Å². The minimum Gasteiger partial charge on any atom is -0.240 e. The molecule has 7 aromatic rings. The minimum atomic E-state index is -4.01. The molecule has 1 aliphatic heterocycles. The molecule has 2 heterocycles. The molecule has 1 atom stereocenters. The summed E-state index contributed by atoms with van der Waals surface area (Å²) in [6, 6.07) is 54.6. The van der Waals surface area contributed by atoms with Crippen LogP contribution in [0.15, 0.2) is 184 Å². The summed E-state index contributed by atoms with van der Waals surface area (Å²) >= 11 is 7.23. The van der Waals surface area contributed by atoms with Crippen molar-refractivity contribution in [1.29, 1.82) is 0 Å². The molecule has 6 aromatic carbocycles. The molecule has 272 valence electrons. The lowest BCUT2D eigenvalue weighted by Gasteiger charge is -2.34. The van der Waals surface area contributed by atoms with Crippen molar-refractivity contribution in [2.45, 2.75) is 16.4 Å². The van der Waals surface area contributed by atoms with Crippen LogP contribution < -0.4 is 0 Å². The number of tetrazole rings is 1. The highest BCUT2D eigenvalue weighted by Gasteiger charge is 2.41. The zero-order chi connectivity index (χ0) is 37.8. The molecule has 0 N–H and O–H groups in total. The van der Waals surface area contributed by atoms with Crippen LogP contribution in [0.25, 0.3) is 11.4 Å². The summed E-state index contributed by atoms with van der Waals surface area (Å²) in [6.07, 6.45) is 1.79. The third-order valence-electron chi connectivity index (χ3n) is 9.56. The van der Waals surface area contributed by atoms with Crippen LogP contribution in [-0.4, -0.2) is 57.3 Å². The lowest BCUT2D eigenvalue weighted by molar-refractivity contribution is 0.396. The highest BCUT2D eigenvalue weighted by molar-refractivity contribution is 8.13. The first-order chi connectivity index (χ1) is 26.9. The number of hydrogen-bond donors (Lipinski definition) is 0. The second-order valence-electron chi connectivity index (χ2n) is 12.8. The quantitative estimate of drug-likeness (QED) is 0.0820. The molecule has 9 nitrogen and oxygen atoms in total. The molecular weight excluding hydrogens is 746 g/mol. The van der Waals surface area contributed by atoms with E-state index in [9.17, 15) is 8.42 Å². The molecule has 0 fully saturated rings. The van der Waals surface area contributed by atoms with E-state index in [1.807, 2.05) is 97.1 Å². The fourth-order valence-electron chi connectivity index (χ4n) is 6.93. The van der Waals surface area contributed by atoms with Gasteiger partial charge in [0.05, 0.1) is 17.2 Å². The van der Waals surface area contributed by atoms with E-state index < -0.39 is 15.6 Å². The topological polar surface area (TPSA) is 106 Å². The number of halogens is 1. The molecule has 0 saturated carbocycles. The smallest absolute Gasteiger partial charge is 0.240 e. The van der Waals surface area contributed by atoms with Gasteiger partial charge in [-0.15, -0.1) is 19.4 Å². The molecule has 55 heavy (non-hydrogen) atoms. The summed E-state index contributed by atoms with van der Waals surface area (Å²) in [6.45, 7) is 0.410. The molecule has 0 saturated heterocycles. The first-order valence-corrected chi connectivity index (χ1v) is 20.5. The van der Waals surface area contributed by atoms with Crippen LogP contribution >= 0.6 is 23.4 Å².